The predicted octanol–water partition coefficient (Wildman–Crippen LogP) is 4.02. The largest absolute Gasteiger partial charge is 0.465 e. The molecule has 1 aromatic carbocycles. The van der Waals surface area contributed by atoms with Gasteiger partial charge in [-0.05, 0) is 24.8 Å². The van der Waals surface area contributed by atoms with Crippen LogP contribution in [-0.4, -0.2) is 25.2 Å². The van der Waals surface area contributed by atoms with Gasteiger partial charge in [-0.25, -0.2) is 0 Å². The Morgan fingerprint density at radius 2 is 1.35 bits per heavy atom. The Bertz CT molecular complexity index is 459. The number of hydrogen-bond donors (Lipinski definition) is 0. The zero-order chi connectivity index (χ0) is 17.1. The van der Waals surface area contributed by atoms with E-state index in [0.29, 0.717) is 12.8 Å². The van der Waals surface area contributed by atoms with Crippen LogP contribution in [-0.2, 0) is 24.5 Å². The molecule has 0 N–H and O–H groups in total. The highest BCUT2D eigenvalue weighted by atomic mass is 16.5. The van der Waals surface area contributed by atoms with Crippen LogP contribution < -0.4 is 0 Å². The number of hydrogen-bond acceptors (Lipinski definition) is 4. The van der Waals surface area contributed by atoms with Crippen LogP contribution in [0.2, 0.25) is 0 Å². The highest BCUT2D eigenvalue weighted by molar-refractivity contribution is 5.70. The van der Waals surface area contributed by atoms with Crippen LogP contribution in [0.15, 0.2) is 30.3 Å². The van der Waals surface area contributed by atoms with Gasteiger partial charge in [0.2, 0.25) is 0 Å². The molecule has 4 heteroatoms. The Kier molecular flexibility index (Phi) is 8.38. The third kappa shape index (κ3) is 6.05. The van der Waals surface area contributed by atoms with Gasteiger partial charge in [0, 0.05) is 12.8 Å². The molecule has 0 atom stereocenters. The first-order chi connectivity index (χ1) is 11.1. The van der Waals surface area contributed by atoms with Crippen molar-refractivity contribution in [2.75, 3.05) is 13.2 Å². The molecule has 0 heterocycles. The maximum absolute atomic E-state index is 11.7. The lowest BCUT2D eigenvalue weighted by atomic mass is 9.79. The fraction of sp³-hybridized carbons (Fsp3) is 0.579. The Labute approximate surface area is 139 Å². The van der Waals surface area contributed by atoms with Crippen LogP contribution in [0.25, 0.3) is 0 Å². The summed E-state index contributed by atoms with van der Waals surface area (Å²) in [6, 6.07) is 9.81. The van der Waals surface area contributed by atoms with E-state index in [0.717, 1.165) is 24.8 Å². The number of ether oxygens (including phenoxy) is 2. The molecule has 1 rings (SSSR count). The number of carbonyl (C=O) groups excluding carboxylic acids is 2. The van der Waals surface area contributed by atoms with Crippen molar-refractivity contribution >= 4 is 11.9 Å². The van der Waals surface area contributed by atoms with Crippen LogP contribution in [0.4, 0.5) is 0 Å². The molecule has 4 nitrogen and oxygen atoms in total. The molecule has 0 unspecified atom stereocenters. The molecular formula is C19H28O4. The standard InChI is InChI=1S/C19H28O4/c1-4-10-17(20)22-14-19(6-3,15-23-18(21)11-5-2)16-12-8-7-9-13-16/h7-9,12-13H,4-6,10-11,14-15H2,1-3H3. The Morgan fingerprint density at radius 3 is 1.74 bits per heavy atom. The summed E-state index contributed by atoms with van der Waals surface area (Å²) >= 11 is 0. The second kappa shape index (κ2) is 10.0. The third-order valence-corrected chi connectivity index (χ3v) is 3.99. The van der Waals surface area contributed by atoms with Gasteiger partial charge in [-0.3, -0.25) is 9.59 Å². The van der Waals surface area contributed by atoms with Crippen molar-refractivity contribution in [2.24, 2.45) is 0 Å². The van der Waals surface area contributed by atoms with Gasteiger partial charge in [0.15, 0.2) is 0 Å². The smallest absolute Gasteiger partial charge is 0.305 e. The Balaban J connectivity index is 2.88. The van der Waals surface area contributed by atoms with Crippen LogP contribution >= 0.6 is 0 Å². The molecule has 0 saturated carbocycles. The first-order valence-corrected chi connectivity index (χ1v) is 8.44. The van der Waals surface area contributed by atoms with Crippen molar-refractivity contribution in [3.05, 3.63) is 35.9 Å². The number of esters is 2. The average molecular weight is 320 g/mol. The Morgan fingerprint density at radius 1 is 0.870 bits per heavy atom. The SMILES string of the molecule is CCCC(=O)OCC(CC)(COC(=O)CCC)c1ccccc1. The van der Waals surface area contributed by atoms with Crippen LogP contribution in [0.1, 0.15) is 58.4 Å². The molecular weight excluding hydrogens is 292 g/mol. The summed E-state index contributed by atoms with van der Waals surface area (Å²) in [7, 11) is 0. The fourth-order valence-electron chi connectivity index (χ4n) is 2.40. The van der Waals surface area contributed by atoms with Crippen LogP contribution in [0.5, 0.6) is 0 Å². The lowest BCUT2D eigenvalue weighted by Crippen LogP contribution is -2.38. The second-order valence-electron chi connectivity index (χ2n) is 5.82. The summed E-state index contributed by atoms with van der Waals surface area (Å²) in [5, 5.41) is 0. The van der Waals surface area contributed by atoms with Crippen molar-refractivity contribution in [3.8, 4) is 0 Å². The van der Waals surface area contributed by atoms with E-state index < -0.39 is 5.41 Å². The summed E-state index contributed by atoms with van der Waals surface area (Å²) in [6.45, 7) is 6.36. The minimum absolute atomic E-state index is 0.207. The maximum atomic E-state index is 11.7. The van der Waals surface area contributed by atoms with Crippen molar-refractivity contribution in [1.29, 1.82) is 0 Å². The minimum Gasteiger partial charge on any atom is -0.465 e. The first-order valence-electron chi connectivity index (χ1n) is 8.44. The number of rotatable bonds is 10. The van der Waals surface area contributed by atoms with Gasteiger partial charge >= 0.3 is 11.9 Å². The molecule has 0 fully saturated rings. The summed E-state index contributed by atoms with van der Waals surface area (Å²) in [5.74, 6) is -0.415. The highest BCUT2D eigenvalue weighted by Gasteiger charge is 2.34. The summed E-state index contributed by atoms with van der Waals surface area (Å²) < 4.78 is 10.9. The molecule has 23 heavy (non-hydrogen) atoms. The highest BCUT2D eigenvalue weighted by Crippen LogP contribution is 2.29. The molecule has 0 aliphatic rings. The summed E-state index contributed by atoms with van der Waals surface area (Å²) in [5.41, 5.74) is 0.532. The van der Waals surface area contributed by atoms with E-state index >= 15 is 0 Å². The van der Waals surface area contributed by atoms with Crippen molar-refractivity contribution < 1.29 is 19.1 Å². The van der Waals surface area contributed by atoms with E-state index in [-0.39, 0.29) is 25.2 Å². The van der Waals surface area contributed by atoms with Crippen LogP contribution in [0.3, 0.4) is 0 Å². The molecule has 0 saturated heterocycles. The third-order valence-electron chi connectivity index (χ3n) is 3.99. The quantitative estimate of drug-likeness (QED) is 0.611. The Hall–Kier alpha value is -1.84. The lowest BCUT2D eigenvalue weighted by molar-refractivity contribution is -0.150. The summed E-state index contributed by atoms with van der Waals surface area (Å²) in [4.78, 5) is 23.5. The zero-order valence-corrected chi connectivity index (χ0v) is 14.5. The van der Waals surface area contributed by atoms with Gasteiger partial charge in [0.1, 0.15) is 13.2 Å². The summed E-state index contributed by atoms with van der Waals surface area (Å²) in [6.07, 6.45) is 3.05. The average Bonchev–Trinajstić information content (AvgIpc) is 2.57. The van der Waals surface area contributed by atoms with E-state index in [1.807, 2.05) is 51.1 Å². The van der Waals surface area contributed by atoms with E-state index in [4.69, 9.17) is 9.47 Å². The first kappa shape index (κ1) is 19.2. The van der Waals surface area contributed by atoms with Crippen molar-refractivity contribution in [2.45, 2.75) is 58.3 Å². The van der Waals surface area contributed by atoms with Crippen molar-refractivity contribution in [1.82, 2.24) is 0 Å². The van der Waals surface area contributed by atoms with Gasteiger partial charge in [0.05, 0.1) is 5.41 Å². The molecule has 0 amide bonds. The molecule has 0 aliphatic heterocycles. The zero-order valence-electron chi connectivity index (χ0n) is 14.5. The molecule has 0 radical (unpaired) electrons. The number of benzene rings is 1. The molecule has 0 spiro atoms. The lowest BCUT2D eigenvalue weighted by Gasteiger charge is -2.32. The van der Waals surface area contributed by atoms with Gasteiger partial charge in [-0.1, -0.05) is 51.1 Å². The topological polar surface area (TPSA) is 52.6 Å². The van der Waals surface area contributed by atoms with E-state index in [2.05, 4.69) is 0 Å². The molecule has 0 aliphatic carbocycles. The van der Waals surface area contributed by atoms with Gasteiger partial charge < -0.3 is 9.47 Å². The molecule has 1 aromatic rings. The van der Waals surface area contributed by atoms with Gasteiger partial charge in [0.25, 0.3) is 0 Å². The van der Waals surface area contributed by atoms with Crippen LogP contribution in [0, 0.1) is 0 Å². The normalized spacial score (nSPS) is 11.1. The second-order valence-corrected chi connectivity index (χ2v) is 5.82. The van der Waals surface area contributed by atoms with Crippen molar-refractivity contribution in [3.63, 3.8) is 0 Å². The molecule has 0 aromatic heterocycles. The van der Waals surface area contributed by atoms with E-state index in [1.165, 1.54) is 0 Å². The van der Waals surface area contributed by atoms with Gasteiger partial charge in [-0.2, -0.15) is 0 Å². The molecule has 0 bridgehead atoms. The fourth-order valence-corrected chi connectivity index (χ4v) is 2.40. The monoisotopic (exact) mass is 320 g/mol. The van der Waals surface area contributed by atoms with E-state index in [1.54, 1.807) is 0 Å². The molecule has 128 valence electrons. The predicted molar refractivity (Wildman–Crippen MR) is 90.1 cm³/mol. The minimum atomic E-state index is -0.492. The van der Waals surface area contributed by atoms with Gasteiger partial charge in [-0.15, -0.1) is 0 Å². The maximum Gasteiger partial charge on any atom is 0.305 e. The van der Waals surface area contributed by atoms with E-state index in [9.17, 15) is 9.59 Å². The number of carbonyl (C=O) groups is 2.